The summed E-state index contributed by atoms with van der Waals surface area (Å²) >= 11 is 0. The lowest BCUT2D eigenvalue weighted by Gasteiger charge is -2.24. The molecule has 1 aromatic rings. The van der Waals surface area contributed by atoms with Crippen molar-refractivity contribution in [3.05, 3.63) is 35.9 Å². The van der Waals surface area contributed by atoms with Crippen LogP contribution in [-0.2, 0) is 11.3 Å². The molecular weight excluding hydrogens is 176 g/mol. The maximum atomic E-state index is 8.82. The van der Waals surface area contributed by atoms with E-state index in [1.807, 2.05) is 44.2 Å². The molecule has 1 aromatic carbocycles. The quantitative estimate of drug-likeness (QED) is 0.779. The van der Waals surface area contributed by atoms with Crippen molar-refractivity contribution >= 4 is 0 Å². The second-order valence-corrected chi connectivity index (χ2v) is 4.01. The van der Waals surface area contributed by atoms with Gasteiger partial charge in [0.1, 0.15) is 0 Å². The Morgan fingerprint density at radius 3 is 2.43 bits per heavy atom. The fourth-order valence-corrected chi connectivity index (χ4v) is 1.19. The summed E-state index contributed by atoms with van der Waals surface area (Å²) < 4.78 is 5.70. The third kappa shape index (κ3) is 3.90. The first kappa shape index (κ1) is 11.2. The van der Waals surface area contributed by atoms with E-state index in [4.69, 9.17) is 9.84 Å². The van der Waals surface area contributed by atoms with E-state index in [9.17, 15) is 0 Å². The zero-order chi connectivity index (χ0) is 10.4. The van der Waals surface area contributed by atoms with Gasteiger partial charge in [0, 0.05) is 6.61 Å². The van der Waals surface area contributed by atoms with E-state index in [0.29, 0.717) is 13.0 Å². The standard InChI is InChI=1S/C12H18O2/c1-12(2,8-9-13)14-10-11-6-4-3-5-7-11/h3-7,13H,8-10H2,1-2H3. The second kappa shape index (κ2) is 5.13. The number of hydrogen-bond acceptors (Lipinski definition) is 2. The average molecular weight is 194 g/mol. The van der Waals surface area contributed by atoms with Crippen LogP contribution in [0.1, 0.15) is 25.8 Å². The average Bonchev–Trinajstić information content (AvgIpc) is 2.17. The van der Waals surface area contributed by atoms with Crippen molar-refractivity contribution in [2.24, 2.45) is 0 Å². The Morgan fingerprint density at radius 2 is 1.86 bits per heavy atom. The van der Waals surface area contributed by atoms with Crippen molar-refractivity contribution in [2.75, 3.05) is 6.61 Å². The van der Waals surface area contributed by atoms with E-state index in [-0.39, 0.29) is 12.2 Å². The van der Waals surface area contributed by atoms with Gasteiger partial charge in [0.15, 0.2) is 0 Å². The van der Waals surface area contributed by atoms with Crippen LogP contribution >= 0.6 is 0 Å². The number of hydrogen-bond donors (Lipinski definition) is 1. The van der Waals surface area contributed by atoms with Gasteiger partial charge in [-0.05, 0) is 25.8 Å². The first-order valence-corrected chi connectivity index (χ1v) is 4.93. The lowest BCUT2D eigenvalue weighted by atomic mass is 10.1. The minimum absolute atomic E-state index is 0.168. The summed E-state index contributed by atoms with van der Waals surface area (Å²) in [5, 5.41) is 8.82. The van der Waals surface area contributed by atoms with Gasteiger partial charge >= 0.3 is 0 Å². The molecule has 0 radical (unpaired) electrons. The monoisotopic (exact) mass is 194 g/mol. The van der Waals surface area contributed by atoms with Crippen LogP contribution in [0, 0.1) is 0 Å². The number of rotatable bonds is 5. The molecule has 0 fully saturated rings. The molecular formula is C12H18O2. The van der Waals surface area contributed by atoms with Crippen LogP contribution in [0.25, 0.3) is 0 Å². The third-order valence-electron chi connectivity index (χ3n) is 2.19. The number of ether oxygens (including phenoxy) is 1. The van der Waals surface area contributed by atoms with Gasteiger partial charge in [-0.25, -0.2) is 0 Å². The smallest absolute Gasteiger partial charge is 0.0724 e. The maximum absolute atomic E-state index is 8.82. The summed E-state index contributed by atoms with van der Waals surface area (Å²) in [4.78, 5) is 0. The fraction of sp³-hybridized carbons (Fsp3) is 0.500. The predicted molar refractivity (Wildman–Crippen MR) is 57.0 cm³/mol. The molecule has 0 spiro atoms. The Bertz CT molecular complexity index is 254. The topological polar surface area (TPSA) is 29.5 Å². The number of aliphatic hydroxyl groups is 1. The maximum Gasteiger partial charge on any atom is 0.0724 e. The Balaban J connectivity index is 2.40. The molecule has 0 amide bonds. The van der Waals surface area contributed by atoms with Crippen LogP contribution in [0.3, 0.4) is 0 Å². The molecule has 0 aliphatic heterocycles. The molecule has 1 rings (SSSR count). The van der Waals surface area contributed by atoms with E-state index in [2.05, 4.69) is 0 Å². The highest BCUT2D eigenvalue weighted by Crippen LogP contribution is 2.16. The highest BCUT2D eigenvalue weighted by Gasteiger charge is 2.17. The van der Waals surface area contributed by atoms with Crippen LogP contribution < -0.4 is 0 Å². The first-order valence-electron chi connectivity index (χ1n) is 4.93. The van der Waals surface area contributed by atoms with Gasteiger partial charge in [-0.15, -0.1) is 0 Å². The zero-order valence-electron chi connectivity index (χ0n) is 8.86. The zero-order valence-corrected chi connectivity index (χ0v) is 8.86. The van der Waals surface area contributed by atoms with Gasteiger partial charge in [-0.1, -0.05) is 30.3 Å². The fourth-order valence-electron chi connectivity index (χ4n) is 1.19. The molecule has 78 valence electrons. The molecule has 0 saturated carbocycles. The van der Waals surface area contributed by atoms with Gasteiger partial charge in [0.05, 0.1) is 12.2 Å². The molecule has 0 aliphatic carbocycles. The molecule has 0 atom stereocenters. The summed E-state index contributed by atoms with van der Waals surface area (Å²) in [6, 6.07) is 10.1. The summed E-state index contributed by atoms with van der Waals surface area (Å²) in [6.07, 6.45) is 0.667. The molecule has 0 bridgehead atoms. The van der Waals surface area contributed by atoms with Crippen LogP contribution in [0.2, 0.25) is 0 Å². The molecule has 0 aliphatic rings. The van der Waals surface area contributed by atoms with Gasteiger partial charge < -0.3 is 9.84 Å². The van der Waals surface area contributed by atoms with Gasteiger partial charge in [0.2, 0.25) is 0 Å². The van der Waals surface area contributed by atoms with Crippen LogP contribution in [0.15, 0.2) is 30.3 Å². The SMILES string of the molecule is CC(C)(CCO)OCc1ccccc1. The molecule has 0 saturated heterocycles. The molecule has 2 nitrogen and oxygen atoms in total. The van der Waals surface area contributed by atoms with Gasteiger partial charge in [-0.3, -0.25) is 0 Å². The van der Waals surface area contributed by atoms with Crippen molar-refractivity contribution in [2.45, 2.75) is 32.5 Å². The number of aliphatic hydroxyl groups excluding tert-OH is 1. The van der Waals surface area contributed by atoms with Crippen LogP contribution in [0.5, 0.6) is 0 Å². The largest absolute Gasteiger partial charge is 0.396 e. The highest BCUT2D eigenvalue weighted by atomic mass is 16.5. The van der Waals surface area contributed by atoms with E-state index >= 15 is 0 Å². The van der Waals surface area contributed by atoms with Crippen molar-refractivity contribution in [1.29, 1.82) is 0 Å². The lowest BCUT2D eigenvalue weighted by Crippen LogP contribution is -2.25. The molecule has 0 unspecified atom stereocenters. The Hall–Kier alpha value is -0.860. The van der Waals surface area contributed by atoms with Gasteiger partial charge in [0.25, 0.3) is 0 Å². The summed E-state index contributed by atoms with van der Waals surface area (Å²) in [5.74, 6) is 0. The molecule has 0 heterocycles. The molecule has 1 N–H and O–H groups in total. The normalized spacial score (nSPS) is 11.6. The van der Waals surface area contributed by atoms with Crippen LogP contribution in [0.4, 0.5) is 0 Å². The summed E-state index contributed by atoms with van der Waals surface area (Å²) in [7, 11) is 0. The Morgan fingerprint density at radius 1 is 1.21 bits per heavy atom. The van der Waals surface area contributed by atoms with E-state index in [1.54, 1.807) is 0 Å². The molecule has 14 heavy (non-hydrogen) atoms. The van der Waals surface area contributed by atoms with E-state index < -0.39 is 0 Å². The Labute approximate surface area is 85.5 Å². The van der Waals surface area contributed by atoms with Crippen molar-refractivity contribution in [1.82, 2.24) is 0 Å². The van der Waals surface area contributed by atoms with Gasteiger partial charge in [-0.2, -0.15) is 0 Å². The summed E-state index contributed by atoms with van der Waals surface area (Å²) in [6.45, 7) is 4.76. The second-order valence-electron chi connectivity index (χ2n) is 4.01. The summed E-state index contributed by atoms with van der Waals surface area (Å²) in [5.41, 5.74) is 0.920. The van der Waals surface area contributed by atoms with Crippen molar-refractivity contribution in [3.8, 4) is 0 Å². The first-order chi connectivity index (χ1) is 6.64. The van der Waals surface area contributed by atoms with Crippen molar-refractivity contribution < 1.29 is 9.84 Å². The highest BCUT2D eigenvalue weighted by molar-refractivity contribution is 5.13. The Kier molecular flexibility index (Phi) is 4.11. The number of benzene rings is 1. The minimum atomic E-state index is -0.245. The lowest BCUT2D eigenvalue weighted by molar-refractivity contribution is -0.0434. The van der Waals surface area contributed by atoms with E-state index in [0.717, 1.165) is 0 Å². The van der Waals surface area contributed by atoms with Crippen LogP contribution in [-0.4, -0.2) is 17.3 Å². The van der Waals surface area contributed by atoms with Crippen molar-refractivity contribution in [3.63, 3.8) is 0 Å². The molecule has 2 heteroatoms. The third-order valence-corrected chi connectivity index (χ3v) is 2.19. The van der Waals surface area contributed by atoms with E-state index in [1.165, 1.54) is 5.56 Å². The minimum Gasteiger partial charge on any atom is -0.396 e. The predicted octanol–water partition coefficient (Wildman–Crippen LogP) is 2.36. The molecule has 0 aromatic heterocycles.